The van der Waals surface area contributed by atoms with Gasteiger partial charge in [-0.15, -0.1) is 0 Å². The summed E-state index contributed by atoms with van der Waals surface area (Å²) >= 11 is 0. The minimum absolute atomic E-state index is 0.0459. The normalized spacial score (nSPS) is 11.6. The van der Waals surface area contributed by atoms with Gasteiger partial charge in [0.05, 0.1) is 6.42 Å². The number of unbranched alkanes of at least 4 members (excludes halogenated alkanes) is 10. The molecule has 1 amide bonds. The van der Waals surface area contributed by atoms with Gasteiger partial charge < -0.3 is 15.2 Å². The van der Waals surface area contributed by atoms with Crippen molar-refractivity contribution in [3.63, 3.8) is 0 Å². The fourth-order valence-electron chi connectivity index (χ4n) is 3.41. The van der Waals surface area contributed by atoms with Crippen molar-refractivity contribution in [1.29, 1.82) is 0 Å². The van der Waals surface area contributed by atoms with Gasteiger partial charge in [0, 0.05) is 6.42 Å². The molecule has 0 spiro atoms. The molecule has 1 atom stereocenters. The predicted molar refractivity (Wildman–Crippen MR) is 121 cm³/mol. The molecule has 0 fully saturated rings. The van der Waals surface area contributed by atoms with Crippen LogP contribution in [0.1, 0.15) is 96.0 Å². The first-order chi connectivity index (χ1) is 15.0. The van der Waals surface area contributed by atoms with Crippen LogP contribution in [-0.4, -0.2) is 29.0 Å². The lowest BCUT2D eigenvalue weighted by molar-refractivity contribution is -0.152. The molecule has 1 rings (SSSR count). The van der Waals surface area contributed by atoms with E-state index in [1.54, 1.807) is 0 Å². The number of hydrogen-bond acceptors (Lipinski definition) is 4. The molecule has 0 aliphatic heterocycles. The van der Waals surface area contributed by atoms with Crippen molar-refractivity contribution in [2.45, 2.75) is 103 Å². The van der Waals surface area contributed by atoms with Crippen molar-refractivity contribution in [2.24, 2.45) is 0 Å². The van der Waals surface area contributed by atoms with E-state index in [0.29, 0.717) is 6.42 Å². The molecule has 0 radical (unpaired) electrons. The van der Waals surface area contributed by atoms with E-state index in [2.05, 4.69) is 12.2 Å². The maximum absolute atomic E-state index is 12.2. The Morgan fingerprint density at radius 3 is 1.97 bits per heavy atom. The Hall–Kier alpha value is -2.37. The number of carbonyl (C=O) groups excluding carboxylic acids is 2. The van der Waals surface area contributed by atoms with Gasteiger partial charge in [-0.1, -0.05) is 101 Å². The minimum Gasteiger partial charge on any atom is -0.481 e. The van der Waals surface area contributed by atoms with Crippen LogP contribution >= 0.6 is 0 Å². The van der Waals surface area contributed by atoms with Gasteiger partial charge in [0.2, 0.25) is 5.91 Å². The minimum atomic E-state index is -1.17. The number of esters is 1. The van der Waals surface area contributed by atoms with Crippen molar-refractivity contribution in [3.05, 3.63) is 35.9 Å². The first kappa shape index (κ1) is 26.7. The number of carbonyl (C=O) groups is 3. The summed E-state index contributed by atoms with van der Waals surface area (Å²) in [7, 11) is 0. The van der Waals surface area contributed by atoms with Crippen molar-refractivity contribution in [2.75, 3.05) is 0 Å². The van der Waals surface area contributed by atoms with E-state index in [1.165, 1.54) is 51.4 Å². The summed E-state index contributed by atoms with van der Waals surface area (Å²) in [6.07, 6.45) is 12.9. The fourth-order valence-corrected chi connectivity index (χ4v) is 3.41. The number of amides is 1. The monoisotopic (exact) mass is 433 g/mol. The molecule has 0 unspecified atom stereocenters. The van der Waals surface area contributed by atoms with Crippen LogP contribution in [0.5, 0.6) is 0 Å². The van der Waals surface area contributed by atoms with Gasteiger partial charge in [-0.2, -0.15) is 0 Å². The number of nitrogens with one attached hydrogen (secondary N) is 1. The zero-order valence-electron chi connectivity index (χ0n) is 18.9. The second-order valence-corrected chi connectivity index (χ2v) is 8.10. The molecule has 0 bridgehead atoms. The second kappa shape index (κ2) is 17.3. The summed E-state index contributed by atoms with van der Waals surface area (Å²) in [6.45, 7) is 2.27. The quantitative estimate of drug-likeness (QED) is 0.239. The topological polar surface area (TPSA) is 92.7 Å². The molecule has 0 saturated carbocycles. The molecular formula is C25H39NO5. The van der Waals surface area contributed by atoms with Gasteiger partial charge in [0.15, 0.2) is 0 Å². The van der Waals surface area contributed by atoms with Gasteiger partial charge in [-0.3, -0.25) is 9.59 Å². The number of carboxylic acid groups (broad SMARTS) is 1. The number of benzene rings is 1. The Labute approximate surface area is 186 Å². The fraction of sp³-hybridized carbons (Fsp3) is 0.640. The summed E-state index contributed by atoms with van der Waals surface area (Å²) in [5.74, 6) is -2.19. The maximum Gasteiger partial charge on any atom is 0.329 e. The van der Waals surface area contributed by atoms with Crippen LogP contribution in [0.25, 0.3) is 0 Å². The van der Waals surface area contributed by atoms with E-state index >= 15 is 0 Å². The zero-order chi connectivity index (χ0) is 22.7. The molecule has 1 aromatic rings. The number of ether oxygens (including phenoxy) is 1. The summed E-state index contributed by atoms with van der Waals surface area (Å²) in [4.78, 5) is 35.5. The summed E-state index contributed by atoms with van der Waals surface area (Å²) in [6, 6.07) is 7.96. The highest BCUT2D eigenvalue weighted by Crippen LogP contribution is 2.12. The first-order valence-corrected chi connectivity index (χ1v) is 11.7. The van der Waals surface area contributed by atoms with E-state index in [0.717, 1.165) is 24.8 Å². The number of hydrogen-bond donors (Lipinski definition) is 2. The van der Waals surface area contributed by atoms with Crippen LogP contribution in [-0.2, 0) is 25.7 Å². The number of rotatable bonds is 18. The Balaban J connectivity index is 2.19. The zero-order valence-corrected chi connectivity index (χ0v) is 18.9. The molecule has 1 aromatic carbocycles. The lowest BCUT2D eigenvalue weighted by Crippen LogP contribution is -2.43. The molecule has 0 aliphatic carbocycles. The molecule has 174 valence electrons. The van der Waals surface area contributed by atoms with Gasteiger partial charge in [0.1, 0.15) is 12.6 Å². The number of carboxylic acids is 1. The molecule has 0 aliphatic rings. The maximum atomic E-state index is 12.2. The van der Waals surface area contributed by atoms with Gasteiger partial charge >= 0.3 is 11.9 Å². The molecule has 6 nitrogen and oxygen atoms in total. The molecule has 6 heteroatoms. The Morgan fingerprint density at radius 2 is 1.42 bits per heavy atom. The molecule has 31 heavy (non-hydrogen) atoms. The van der Waals surface area contributed by atoms with E-state index in [-0.39, 0.29) is 12.5 Å². The third-order valence-corrected chi connectivity index (χ3v) is 5.23. The lowest BCUT2D eigenvalue weighted by Gasteiger charge is -2.16. The average molecular weight is 434 g/mol. The molecule has 0 aromatic heterocycles. The smallest absolute Gasteiger partial charge is 0.329 e. The Morgan fingerprint density at radius 1 is 0.871 bits per heavy atom. The van der Waals surface area contributed by atoms with E-state index in [9.17, 15) is 14.4 Å². The molecule has 2 N–H and O–H groups in total. The first-order valence-electron chi connectivity index (χ1n) is 11.7. The van der Waals surface area contributed by atoms with E-state index in [1.807, 2.05) is 30.3 Å². The van der Waals surface area contributed by atoms with E-state index in [4.69, 9.17) is 9.84 Å². The van der Waals surface area contributed by atoms with Crippen LogP contribution < -0.4 is 5.32 Å². The van der Waals surface area contributed by atoms with Gasteiger partial charge in [0.25, 0.3) is 0 Å². The Kier molecular flexibility index (Phi) is 14.9. The number of aliphatic carboxylic acids is 1. The van der Waals surface area contributed by atoms with Gasteiger partial charge in [-0.25, -0.2) is 4.79 Å². The predicted octanol–water partition coefficient (Wildman–Crippen LogP) is 5.39. The van der Waals surface area contributed by atoms with E-state index < -0.39 is 24.4 Å². The van der Waals surface area contributed by atoms with Crippen LogP contribution in [0.3, 0.4) is 0 Å². The van der Waals surface area contributed by atoms with Crippen LogP contribution in [0, 0.1) is 0 Å². The summed E-state index contributed by atoms with van der Waals surface area (Å²) < 4.78 is 5.19. The molecule has 0 heterocycles. The van der Waals surface area contributed by atoms with Crippen LogP contribution in [0.4, 0.5) is 0 Å². The van der Waals surface area contributed by atoms with Crippen LogP contribution in [0.15, 0.2) is 30.3 Å². The third-order valence-electron chi connectivity index (χ3n) is 5.23. The third kappa shape index (κ3) is 14.3. The lowest BCUT2D eigenvalue weighted by atomic mass is 10.1. The van der Waals surface area contributed by atoms with Crippen molar-refractivity contribution in [3.8, 4) is 0 Å². The summed E-state index contributed by atoms with van der Waals surface area (Å²) in [5.41, 5.74) is 0.803. The van der Waals surface area contributed by atoms with Gasteiger partial charge in [-0.05, 0) is 12.0 Å². The summed E-state index contributed by atoms with van der Waals surface area (Å²) in [5, 5.41) is 11.6. The largest absolute Gasteiger partial charge is 0.481 e. The highest BCUT2D eigenvalue weighted by Gasteiger charge is 2.25. The van der Waals surface area contributed by atoms with Crippen LogP contribution in [0.2, 0.25) is 0 Å². The average Bonchev–Trinajstić information content (AvgIpc) is 2.75. The standard InChI is InChI=1S/C25H39NO5/c1-2-3-4-5-6-7-8-9-10-11-15-18-23(27)26-22(19-24(28)29)25(30)31-20-21-16-13-12-14-17-21/h12-14,16-17,22H,2-11,15,18-20H2,1H3,(H,26,27)(H,28,29)/t22-/m0/s1. The Bertz CT molecular complexity index is 632. The highest BCUT2D eigenvalue weighted by atomic mass is 16.5. The molecule has 0 saturated heterocycles. The SMILES string of the molecule is CCCCCCCCCCCCCC(=O)N[C@@H](CC(=O)O)C(=O)OCc1ccccc1. The van der Waals surface area contributed by atoms with Crippen molar-refractivity contribution in [1.82, 2.24) is 5.32 Å². The highest BCUT2D eigenvalue weighted by molar-refractivity contribution is 5.87. The second-order valence-electron chi connectivity index (χ2n) is 8.10. The molecular weight excluding hydrogens is 394 g/mol. The van der Waals surface area contributed by atoms with Crippen molar-refractivity contribution < 1.29 is 24.2 Å². The van der Waals surface area contributed by atoms with Crippen molar-refractivity contribution >= 4 is 17.8 Å².